The Labute approximate surface area is 132 Å². The van der Waals surface area contributed by atoms with Crippen molar-refractivity contribution in [3.63, 3.8) is 0 Å². The van der Waals surface area contributed by atoms with Crippen molar-refractivity contribution in [1.29, 1.82) is 0 Å². The summed E-state index contributed by atoms with van der Waals surface area (Å²) in [6.45, 7) is 4.43. The lowest BCUT2D eigenvalue weighted by molar-refractivity contribution is 0.289. The summed E-state index contributed by atoms with van der Waals surface area (Å²) in [4.78, 5) is 6.59. The van der Waals surface area contributed by atoms with E-state index in [0.717, 1.165) is 36.8 Å². The fourth-order valence-electron chi connectivity index (χ4n) is 2.30. The highest BCUT2D eigenvalue weighted by Gasteiger charge is 2.09. The van der Waals surface area contributed by atoms with E-state index in [1.165, 1.54) is 5.56 Å². The van der Waals surface area contributed by atoms with Crippen molar-refractivity contribution in [3.05, 3.63) is 42.0 Å². The van der Waals surface area contributed by atoms with Gasteiger partial charge in [-0.15, -0.1) is 0 Å². The maximum atomic E-state index is 5.76. The van der Waals surface area contributed by atoms with Gasteiger partial charge in [-0.05, 0) is 31.2 Å². The van der Waals surface area contributed by atoms with Gasteiger partial charge in [0.1, 0.15) is 5.82 Å². The smallest absolute Gasteiger partial charge is 0.161 e. The van der Waals surface area contributed by atoms with E-state index in [2.05, 4.69) is 36.0 Å². The molecule has 2 rings (SSSR count). The lowest BCUT2D eigenvalue weighted by Crippen LogP contribution is -2.19. The summed E-state index contributed by atoms with van der Waals surface area (Å²) in [6, 6.07) is 6.10. The van der Waals surface area contributed by atoms with Gasteiger partial charge in [-0.1, -0.05) is 13.0 Å². The molecule has 0 spiro atoms. The number of aryl methyl sites for hydroxylation is 1. The number of nitrogens with zero attached hydrogens (tertiary/aromatic N) is 3. The number of ether oxygens (including phenoxy) is 2. The van der Waals surface area contributed by atoms with Gasteiger partial charge in [0.25, 0.3) is 0 Å². The Morgan fingerprint density at radius 1 is 1.23 bits per heavy atom. The summed E-state index contributed by atoms with van der Waals surface area (Å²) in [5.41, 5.74) is 1.20. The Morgan fingerprint density at radius 2 is 2.05 bits per heavy atom. The van der Waals surface area contributed by atoms with Gasteiger partial charge >= 0.3 is 0 Å². The zero-order valence-electron chi connectivity index (χ0n) is 13.9. The van der Waals surface area contributed by atoms with E-state index in [-0.39, 0.29) is 0 Å². The van der Waals surface area contributed by atoms with Crippen LogP contribution in [0.3, 0.4) is 0 Å². The molecule has 0 saturated heterocycles. The van der Waals surface area contributed by atoms with Crippen LogP contribution in [0.1, 0.15) is 24.7 Å². The third kappa shape index (κ3) is 4.24. The molecule has 0 aliphatic carbocycles. The molecule has 0 N–H and O–H groups in total. The largest absolute Gasteiger partial charge is 0.493 e. The van der Waals surface area contributed by atoms with E-state index in [1.54, 1.807) is 7.11 Å². The Kier molecular flexibility index (Phi) is 5.83. The topological polar surface area (TPSA) is 39.5 Å². The predicted molar refractivity (Wildman–Crippen MR) is 87.2 cm³/mol. The van der Waals surface area contributed by atoms with Gasteiger partial charge < -0.3 is 14.0 Å². The van der Waals surface area contributed by atoms with E-state index >= 15 is 0 Å². The first-order valence-corrected chi connectivity index (χ1v) is 7.58. The molecule has 2 aromatic rings. The van der Waals surface area contributed by atoms with E-state index < -0.39 is 0 Å². The monoisotopic (exact) mass is 303 g/mol. The number of hydrogen-bond acceptors (Lipinski definition) is 4. The number of aromatic nitrogens is 2. The van der Waals surface area contributed by atoms with Crippen LogP contribution in [0.15, 0.2) is 30.6 Å². The fourth-order valence-corrected chi connectivity index (χ4v) is 2.30. The Hall–Kier alpha value is -2.01. The van der Waals surface area contributed by atoms with Gasteiger partial charge in [-0.3, -0.25) is 4.90 Å². The third-order valence-electron chi connectivity index (χ3n) is 3.47. The Balaban J connectivity index is 2.03. The molecule has 0 amide bonds. The summed E-state index contributed by atoms with van der Waals surface area (Å²) >= 11 is 0. The minimum atomic E-state index is 0.697. The summed E-state index contributed by atoms with van der Waals surface area (Å²) in [5, 5.41) is 0. The van der Waals surface area contributed by atoms with Crippen LogP contribution < -0.4 is 9.47 Å². The highest BCUT2D eigenvalue weighted by atomic mass is 16.5. The second-order valence-electron chi connectivity index (χ2n) is 5.46. The molecule has 0 unspecified atom stereocenters. The molecule has 1 aromatic carbocycles. The van der Waals surface area contributed by atoms with E-state index in [9.17, 15) is 0 Å². The van der Waals surface area contributed by atoms with Crippen molar-refractivity contribution >= 4 is 0 Å². The standard InChI is InChI=1S/C17H25N3O2/c1-5-10-22-16-11-14(6-7-15(16)21-4)12-19(2)13-17-18-8-9-20(17)3/h6-9,11H,5,10,12-13H2,1-4H3. The molecule has 22 heavy (non-hydrogen) atoms. The molecule has 0 aliphatic heterocycles. The van der Waals surface area contributed by atoms with Crippen molar-refractivity contribution in [1.82, 2.24) is 14.5 Å². The summed E-state index contributed by atoms with van der Waals surface area (Å²) < 4.78 is 13.2. The zero-order chi connectivity index (χ0) is 15.9. The Bertz CT molecular complexity index is 595. The highest BCUT2D eigenvalue weighted by Crippen LogP contribution is 2.28. The number of rotatable bonds is 8. The van der Waals surface area contributed by atoms with Crippen molar-refractivity contribution in [2.75, 3.05) is 20.8 Å². The maximum absolute atomic E-state index is 5.76. The average Bonchev–Trinajstić information content (AvgIpc) is 2.90. The van der Waals surface area contributed by atoms with E-state index in [1.807, 2.05) is 30.1 Å². The van der Waals surface area contributed by atoms with Crippen molar-refractivity contribution in [2.24, 2.45) is 7.05 Å². The molecule has 0 aliphatic rings. The molecule has 0 fully saturated rings. The van der Waals surface area contributed by atoms with Gasteiger partial charge in [0, 0.05) is 26.0 Å². The zero-order valence-corrected chi connectivity index (χ0v) is 13.9. The number of benzene rings is 1. The molecule has 120 valence electrons. The minimum Gasteiger partial charge on any atom is -0.493 e. The molecule has 1 aromatic heterocycles. The minimum absolute atomic E-state index is 0.697. The second kappa shape index (κ2) is 7.84. The van der Waals surface area contributed by atoms with Gasteiger partial charge in [0.2, 0.25) is 0 Å². The van der Waals surface area contributed by atoms with Gasteiger partial charge in [-0.2, -0.15) is 0 Å². The molecule has 0 atom stereocenters. The van der Waals surface area contributed by atoms with Crippen LogP contribution in [-0.4, -0.2) is 35.2 Å². The summed E-state index contributed by atoms with van der Waals surface area (Å²) in [6.07, 6.45) is 4.77. The summed E-state index contributed by atoms with van der Waals surface area (Å²) in [5.74, 6) is 2.65. The molecule has 5 heteroatoms. The molecule has 1 heterocycles. The molecule has 0 bridgehead atoms. The number of methoxy groups -OCH3 is 1. The first-order valence-electron chi connectivity index (χ1n) is 7.58. The van der Waals surface area contributed by atoms with Crippen molar-refractivity contribution in [2.45, 2.75) is 26.4 Å². The van der Waals surface area contributed by atoms with E-state index in [4.69, 9.17) is 9.47 Å². The van der Waals surface area contributed by atoms with Gasteiger partial charge in [-0.25, -0.2) is 4.98 Å². The number of imidazole rings is 1. The van der Waals surface area contributed by atoms with Crippen molar-refractivity contribution < 1.29 is 9.47 Å². The fraction of sp³-hybridized carbons (Fsp3) is 0.471. The molecular formula is C17H25N3O2. The maximum Gasteiger partial charge on any atom is 0.161 e. The van der Waals surface area contributed by atoms with Crippen LogP contribution in [-0.2, 0) is 20.1 Å². The quantitative estimate of drug-likeness (QED) is 0.752. The summed E-state index contributed by atoms with van der Waals surface area (Å²) in [7, 11) is 5.77. The van der Waals surface area contributed by atoms with Crippen LogP contribution >= 0.6 is 0 Å². The Morgan fingerprint density at radius 3 is 2.68 bits per heavy atom. The molecular weight excluding hydrogens is 278 g/mol. The lowest BCUT2D eigenvalue weighted by atomic mass is 10.2. The second-order valence-corrected chi connectivity index (χ2v) is 5.46. The van der Waals surface area contributed by atoms with Crippen LogP contribution in [0.5, 0.6) is 11.5 Å². The SMILES string of the molecule is CCCOc1cc(CN(C)Cc2nccn2C)ccc1OC. The first-order chi connectivity index (χ1) is 10.6. The van der Waals surface area contributed by atoms with Crippen LogP contribution in [0.25, 0.3) is 0 Å². The molecule has 5 nitrogen and oxygen atoms in total. The van der Waals surface area contributed by atoms with Crippen LogP contribution in [0.4, 0.5) is 0 Å². The molecule has 0 radical (unpaired) electrons. The van der Waals surface area contributed by atoms with E-state index in [0.29, 0.717) is 6.61 Å². The predicted octanol–water partition coefficient (Wildman–Crippen LogP) is 2.85. The normalized spacial score (nSPS) is 11.0. The third-order valence-corrected chi connectivity index (χ3v) is 3.47. The van der Waals surface area contributed by atoms with Crippen molar-refractivity contribution in [3.8, 4) is 11.5 Å². The lowest BCUT2D eigenvalue weighted by Gasteiger charge is -2.18. The molecule has 0 saturated carbocycles. The highest BCUT2D eigenvalue weighted by molar-refractivity contribution is 5.42. The van der Waals surface area contributed by atoms with Gasteiger partial charge in [0.05, 0.1) is 20.3 Å². The van der Waals surface area contributed by atoms with Gasteiger partial charge in [0.15, 0.2) is 11.5 Å². The number of hydrogen-bond donors (Lipinski definition) is 0. The van der Waals surface area contributed by atoms with Crippen LogP contribution in [0.2, 0.25) is 0 Å². The first kappa shape index (κ1) is 16.4. The average molecular weight is 303 g/mol. The van der Waals surface area contributed by atoms with Crippen LogP contribution in [0, 0.1) is 0 Å².